The van der Waals surface area contributed by atoms with Gasteiger partial charge < -0.3 is 4.74 Å². The molecule has 4 rings (SSSR count). The fourth-order valence-electron chi connectivity index (χ4n) is 6.21. The van der Waals surface area contributed by atoms with Crippen LogP contribution in [-0.4, -0.2) is 12.2 Å². The second-order valence-corrected chi connectivity index (χ2v) is 8.57. The summed E-state index contributed by atoms with van der Waals surface area (Å²) in [5, 5.41) is 0. The van der Waals surface area contributed by atoms with Gasteiger partial charge in [0.1, 0.15) is 0 Å². The van der Waals surface area contributed by atoms with Crippen LogP contribution in [-0.2, 0) is 4.74 Å². The van der Waals surface area contributed by atoms with Crippen molar-refractivity contribution >= 4 is 0 Å². The van der Waals surface area contributed by atoms with Crippen LogP contribution in [0.5, 0.6) is 0 Å². The van der Waals surface area contributed by atoms with Crippen LogP contribution in [0.15, 0.2) is 0 Å². The predicted octanol–water partition coefficient (Wildman–Crippen LogP) is 5.72. The van der Waals surface area contributed by atoms with E-state index in [4.69, 9.17) is 4.74 Å². The van der Waals surface area contributed by atoms with Gasteiger partial charge in [0.15, 0.2) is 0 Å². The zero-order valence-electron chi connectivity index (χ0n) is 13.8. The average molecular weight is 290 g/mol. The molecule has 0 aromatic rings. The number of hydrogen-bond donors (Lipinski definition) is 0. The fourth-order valence-corrected chi connectivity index (χ4v) is 6.21. The summed E-state index contributed by atoms with van der Waals surface area (Å²) in [5.41, 5.74) is 0. The monoisotopic (exact) mass is 290 g/mol. The van der Waals surface area contributed by atoms with Crippen LogP contribution >= 0.6 is 0 Å². The molecule has 0 saturated heterocycles. The molecule has 0 aliphatic heterocycles. The molecular formula is C20H34O. The summed E-state index contributed by atoms with van der Waals surface area (Å²) in [6.45, 7) is 0. The van der Waals surface area contributed by atoms with E-state index in [1.165, 1.54) is 77.0 Å². The first kappa shape index (κ1) is 14.5. The summed E-state index contributed by atoms with van der Waals surface area (Å²) in [7, 11) is 0. The quantitative estimate of drug-likeness (QED) is 0.632. The van der Waals surface area contributed by atoms with Gasteiger partial charge in [-0.2, -0.15) is 0 Å². The van der Waals surface area contributed by atoms with E-state index in [0.717, 1.165) is 23.7 Å². The number of rotatable bonds is 2. The summed E-state index contributed by atoms with van der Waals surface area (Å²) < 4.78 is 6.68. The van der Waals surface area contributed by atoms with Crippen molar-refractivity contribution in [2.45, 2.75) is 102 Å². The predicted molar refractivity (Wildman–Crippen MR) is 87.3 cm³/mol. The third-order valence-corrected chi connectivity index (χ3v) is 7.31. The molecule has 0 heterocycles. The topological polar surface area (TPSA) is 9.23 Å². The number of ether oxygens (including phenoxy) is 1. The Hall–Kier alpha value is -0.0400. The molecule has 120 valence electrons. The van der Waals surface area contributed by atoms with Gasteiger partial charge >= 0.3 is 0 Å². The van der Waals surface area contributed by atoms with Crippen LogP contribution in [0.4, 0.5) is 0 Å². The lowest BCUT2D eigenvalue weighted by molar-refractivity contribution is -0.111. The van der Waals surface area contributed by atoms with Crippen LogP contribution in [0.2, 0.25) is 0 Å². The molecule has 4 fully saturated rings. The molecule has 4 aliphatic carbocycles. The molecule has 4 aliphatic rings. The first-order chi connectivity index (χ1) is 10.4. The van der Waals surface area contributed by atoms with Crippen molar-refractivity contribution in [2.75, 3.05) is 0 Å². The maximum Gasteiger partial charge on any atom is 0.0609 e. The van der Waals surface area contributed by atoms with Gasteiger partial charge in [-0.15, -0.1) is 0 Å². The van der Waals surface area contributed by atoms with Gasteiger partial charge in [-0.05, 0) is 62.2 Å². The molecule has 0 aromatic carbocycles. The molecule has 0 amide bonds. The van der Waals surface area contributed by atoms with Crippen LogP contribution in [0.1, 0.15) is 89.9 Å². The normalized spacial score (nSPS) is 44.9. The van der Waals surface area contributed by atoms with Crippen molar-refractivity contribution in [3.63, 3.8) is 0 Å². The zero-order chi connectivity index (χ0) is 14.1. The molecule has 1 nitrogen and oxygen atoms in total. The van der Waals surface area contributed by atoms with E-state index in [2.05, 4.69) is 0 Å². The number of fused-ring (bicyclic) bond motifs is 2. The Kier molecular flexibility index (Phi) is 4.57. The molecule has 0 radical (unpaired) electrons. The first-order valence-electron chi connectivity index (χ1n) is 10.1. The molecule has 21 heavy (non-hydrogen) atoms. The summed E-state index contributed by atoms with van der Waals surface area (Å²) in [6, 6.07) is 0. The molecule has 1 heteroatoms. The lowest BCUT2D eigenvalue weighted by Crippen LogP contribution is -2.44. The van der Waals surface area contributed by atoms with Crippen molar-refractivity contribution in [1.29, 1.82) is 0 Å². The maximum absolute atomic E-state index is 6.68. The minimum atomic E-state index is 0.617. The second kappa shape index (κ2) is 6.60. The largest absolute Gasteiger partial charge is 0.375 e. The number of hydrogen-bond acceptors (Lipinski definition) is 1. The first-order valence-corrected chi connectivity index (χ1v) is 10.1. The molecule has 4 saturated carbocycles. The van der Waals surface area contributed by atoms with Gasteiger partial charge in [-0.25, -0.2) is 0 Å². The highest BCUT2D eigenvalue weighted by molar-refractivity contribution is 4.93. The minimum absolute atomic E-state index is 0.617. The summed E-state index contributed by atoms with van der Waals surface area (Å²) in [4.78, 5) is 0. The van der Waals surface area contributed by atoms with Gasteiger partial charge in [-0.3, -0.25) is 0 Å². The Morgan fingerprint density at radius 3 is 2.00 bits per heavy atom. The molecule has 0 spiro atoms. The van der Waals surface area contributed by atoms with Crippen LogP contribution < -0.4 is 0 Å². The Morgan fingerprint density at radius 1 is 0.524 bits per heavy atom. The van der Waals surface area contributed by atoms with Crippen molar-refractivity contribution in [2.24, 2.45) is 23.7 Å². The highest BCUT2D eigenvalue weighted by Gasteiger charge is 2.43. The van der Waals surface area contributed by atoms with E-state index < -0.39 is 0 Å². The van der Waals surface area contributed by atoms with E-state index in [1.807, 2.05) is 0 Å². The third-order valence-electron chi connectivity index (χ3n) is 7.31. The molecule has 5 unspecified atom stereocenters. The molecule has 0 aromatic heterocycles. The summed E-state index contributed by atoms with van der Waals surface area (Å²) >= 11 is 0. The van der Waals surface area contributed by atoms with E-state index >= 15 is 0 Å². The lowest BCUT2D eigenvalue weighted by atomic mass is 9.59. The minimum Gasteiger partial charge on any atom is -0.375 e. The van der Waals surface area contributed by atoms with Gasteiger partial charge in [0, 0.05) is 0 Å². The molecular weight excluding hydrogens is 256 g/mol. The maximum atomic E-state index is 6.68. The Morgan fingerprint density at radius 2 is 1.19 bits per heavy atom. The average Bonchev–Trinajstić information content (AvgIpc) is 2.54. The van der Waals surface area contributed by atoms with E-state index in [-0.39, 0.29) is 0 Å². The molecule has 0 bridgehead atoms. The Labute approximate surface area is 131 Å². The van der Waals surface area contributed by atoms with E-state index in [9.17, 15) is 0 Å². The van der Waals surface area contributed by atoms with Crippen molar-refractivity contribution < 1.29 is 4.74 Å². The zero-order valence-corrected chi connectivity index (χ0v) is 13.8. The molecule has 5 atom stereocenters. The fraction of sp³-hybridized carbons (Fsp3) is 1.00. The van der Waals surface area contributed by atoms with Gasteiger partial charge in [0.05, 0.1) is 12.2 Å². The lowest BCUT2D eigenvalue weighted by Gasteiger charge is -2.49. The Balaban J connectivity index is 1.40. The van der Waals surface area contributed by atoms with Crippen molar-refractivity contribution in [3.8, 4) is 0 Å². The van der Waals surface area contributed by atoms with E-state index in [0.29, 0.717) is 12.2 Å². The standard InChI is InChI=1S/C20H34O/c1-2-10-18(11-3-1)21-20-12-6-9-17-13-15-7-4-5-8-16(15)14-19(17)20/h15-20H,1-14H2. The molecule has 0 N–H and O–H groups in total. The Bertz CT molecular complexity index is 333. The third kappa shape index (κ3) is 3.19. The summed E-state index contributed by atoms with van der Waals surface area (Å²) in [6.07, 6.45) is 21.7. The van der Waals surface area contributed by atoms with Crippen LogP contribution in [0.25, 0.3) is 0 Å². The van der Waals surface area contributed by atoms with Gasteiger partial charge in [0.25, 0.3) is 0 Å². The summed E-state index contributed by atoms with van der Waals surface area (Å²) in [5.74, 6) is 4.11. The smallest absolute Gasteiger partial charge is 0.0609 e. The van der Waals surface area contributed by atoms with Gasteiger partial charge in [0.2, 0.25) is 0 Å². The SMILES string of the molecule is C1CCC(OC2CCCC3CC4CCCCC4CC32)CC1. The van der Waals surface area contributed by atoms with E-state index in [1.54, 1.807) is 12.8 Å². The van der Waals surface area contributed by atoms with Crippen LogP contribution in [0, 0.1) is 23.7 Å². The highest BCUT2D eigenvalue weighted by Crippen LogP contribution is 2.51. The van der Waals surface area contributed by atoms with Gasteiger partial charge in [-0.1, -0.05) is 51.4 Å². The van der Waals surface area contributed by atoms with Crippen molar-refractivity contribution in [1.82, 2.24) is 0 Å². The van der Waals surface area contributed by atoms with Crippen molar-refractivity contribution in [3.05, 3.63) is 0 Å². The highest BCUT2D eigenvalue weighted by atomic mass is 16.5. The second-order valence-electron chi connectivity index (χ2n) is 8.57. The van der Waals surface area contributed by atoms with Crippen LogP contribution in [0.3, 0.4) is 0 Å².